The van der Waals surface area contributed by atoms with Crippen LogP contribution in [0.25, 0.3) is 0 Å². The second kappa shape index (κ2) is 10.8. The third kappa shape index (κ3) is 4.74. The number of carbonyl (C=O) groups is 2. The van der Waals surface area contributed by atoms with E-state index >= 15 is 0 Å². The molecule has 0 aromatic heterocycles. The van der Waals surface area contributed by atoms with Gasteiger partial charge < -0.3 is 25.2 Å². The van der Waals surface area contributed by atoms with Crippen LogP contribution in [0.1, 0.15) is 44.0 Å². The van der Waals surface area contributed by atoms with E-state index < -0.39 is 11.6 Å². The fourth-order valence-corrected chi connectivity index (χ4v) is 5.75. The van der Waals surface area contributed by atoms with E-state index in [4.69, 9.17) is 10.5 Å². The predicted molar refractivity (Wildman–Crippen MR) is 142 cm³/mol. The summed E-state index contributed by atoms with van der Waals surface area (Å²) < 4.78 is 5.28. The molecule has 36 heavy (non-hydrogen) atoms. The molecule has 2 heterocycles. The van der Waals surface area contributed by atoms with E-state index in [1.165, 1.54) is 5.69 Å². The number of benzene rings is 2. The van der Waals surface area contributed by atoms with Crippen molar-refractivity contribution in [1.82, 2.24) is 14.7 Å². The molecule has 3 amide bonds. The molecule has 0 saturated carbocycles. The Hall–Kier alpha value is -3.26. The smallest absolute Gasteiger partial charge is 0.314 e. The Balaban J connectivity index is 1.62. The molecular weight excluding hydrogens is 454 g/mol. The third-order valence-electron chi connectivity index (χ3n) is 8.02. The first-order chi connectivity index (χ1) is 17.3. The first-order valence-electron chi connectivity index (χ1n) is 12.9. The minimum Gasteiger partial charge on any atom is -0.497 e. The lowest BCUT2D eigenvalue weighted by atomic mass is 9.86. The van der Waals surface area contributed by atoms with Crippen LogP contribution in [0.15, 0.2) is 48.5 Å². The van der Waals surface area contributed by atoms with Gasteiger partial charge in [-0.25, -0.2) is 4.79 Å². The van der Waals surface area contributed by atoms with Crippen LogP contribution in [0.3, 0.4) is 0 Å². The highest BCUT2D eigenvalue weighted by Crippen LogP contribution is 2.45. The van der Waals surface area contributed by atoms with Gasteiger partial charge in [0.2, 0.25) is 5.91 Å². The summed E-state index contributed by atoms with van der Waals surface area (Å²) in [4.78, 5) is 34.0. The van der Waals surface area contributed by atoms with Crippen LogP contribution >= 0.6 is 0 Å². The van der Waals surface area contributed by atoms with Crippen molar-refractivity contribution in [2.45, 2.75) is 44.8 Å². The summed E-state index contributed by atoms with van der Waals surface area (Å²) in [6.07, 6.45) is 1.75. The highest BCUT2D eigenvalue weighted by atomic mass is 16.5. The number of nitrogens with zero attached hydrogens (tertiary/aromatic N) is 4. The standard InChI is InChI=1S/C28H39N5O3/c1-5-31(6-2)23-11-9-22(10-12-23)25-30(3)28(16-19-32(20-17-28)27(29)35)26(34)33(25)18-15-21-7-13-24(36-4)14-8-21/h7-14,25H,5-6,15-20H2,1-4H3,(H2,29,35). The summed E-state index contributed by atoms with van der Waals surface area (Å²) in [6, 6.07) is 16.2. The van der Waals surface area contributed by atoms with Gasteiger partial charge in [-0.15, -0.1) is 0 Å². The number of hydrogen-bond donors (Lipinski definition) is 1. The fourth-order valence-electron chi connectivity index (χ4n) is 5.75. The molecule has 1 atom stereocenters. The van der Waals surface area contributed by atoms with Gasteiger partial charge in [0.25, 0.3) is 0 Å². The van der Waals surface area contributed by atoms with Gasteiger partial charge in [0.1, 0.15) is 17.5 Å². The molecule has 2 N–H and O–H groups in total. The molecule has 0 bridgehead atoms. The van der Waals surface area contributed by atoms with Crippen molar-refractivity contribution in [3.8, 4) is 5.75 Å². The zero-order valence-electron chi connectivity index (χ0n) is 21.9. The molecule has 2 fully saturated rings. The maximum absolute atomic E-state index is 14.1. The summed E-state index contributed by atoms with van der Waals surface area (Å²) >= 11 is 0. The largest absolute Gasteiger partial charge is 0.497 e. The normalized spacial score (nSPS) is 19.7. The molecule has 2 aromatic carbocycles. The summed E-state index contributed by atoms with van der Waals surface area (Å²) in [5.41, 5.74) is 8.34. The zero-order valence-corrected chi connectivity index (χ0v) is 21.9. The predicted octanol–water partition coefficient (Wildman–Crippen LogP) is 3.47. The van der Waals surface area contributed by atoms with Crippen LogP contribution in [0.5, 0.6) is 5.75 Å². The van der Waals surface area contributed by atoms with Gasteiger partial charge in [0.15, 0.2) is 0 Å². The van der Waals surface area contributed by atoms with Crippen molar-refractivity contribution < 1.29 is 14.3 Å². The van der Waals surface area contributed by atoms with Gasteiger partial charge in [0.05, 0.1) is 7.11 Å². The molecule has 2 aromatic rings. The van der Waals surface area contributed by atoms with Crippen LogP contribution in [-0.2, 0) is 11.2 Å². The summed E-state index contributed by atoms with van der Waals surface area (Å²) in [7, 11) is 3.71. The van der Waals surface area contributed by atoms with Crippen LogP contribution in [0.2, 0.25) is 0 Å². The van der Waals surface area contributed by atoms with E-state index in [1.54, 1.807) is 12.0 Å². The van der Waals surface area contributed by atoms with Crippen molar-refractivity contribution in [2.24, 2.45) is 5.73 Å². The maximum atomic E-state index is 14.1. The number of methoxy groups -OCH3 is 1. The Morgan fingerprint density at radius 1 is 1.06 bits per heavy atom. The van der Waals surface area contributed by atoms with Crippen LogP contribution in [0.4, 0.5) is 10.5 Å². The number of urea groups is 1. The number of anilines is 1. The lowest BCUT2D eigenvalue weighted by molar-refractivity contribution is -0.135. The van der Waals surface area contributed by atoms with Gasteiger partial charge in [-0.05, 0) is 75.5 Å². The zero-order chi connectivity index (χ0) is 25.9. The minimum absolute atomic E-state index is 0.139. The molecule has 0 radical (unpaired) electrons. The van der Waals surface area contributed by atoms with Crippen LogP contribution in [0, 0.1) is 0 Å². The number of likely N-dealkylation sites (tertiary alicyclic amines) is 1. The molecule has 2 aliphatic rings. The monoisotopic (exact) mass is 493 g/mol. The van der Waals surface area contributed by atoms with Crippen LogP contribution in [-0.4, -0.2) is 79.1 Å². The molecule has 1 unspecified atom stereocenters. The van der Waals surface area contributed by atoms with E-state index in [0.29, 0.717) is 32.5 Å². The Morgan fingerprint density at radius 2 is 1.67 bits per heavy atom. The van der Waals surface area contributed by atoms with E-state index in [0.717, 1.165) is 36.4 Å². The molecule has 0 aliphatic carbocycles. The topological polar surface area (TPSA) is 82.4 Å². The summed E-state index contributed by atoms with van der Waals surface area (Å²) in [5.74, 6) is 0.961. The first kappa shape index (κ1) is 25.8. The van der Waals surface area contributed by atoms with Crippen molar-refractivity contribution in [3.05, 3.63) is 59.7 Å². The summed E-state index contributed by atoms with van der Waals surface area (Å²) in [6.45, 7) is 7.81. The lowest BCUT2D eigenvalue weighted by Crippen LogP contribution is -2.56. The van der Waals surface area contributed by atoms with Crippen LogP contribution < -0.4 is 15.4 Å². The number of amides is 3. The Morgan fingerprint density at radius 3 is 2.19 bits per heavy atom. The van der Waals surface area contributed by atoms with E-state index in [2.05, 4.69) is 60.0 Å². The van der Waals surface area contributed by atoms with E-state index in [9.17, 15) is 9.59 Å². The minimum atomic E-state index is -0.631. The lowest BCUT2D eigenvalue weighted by Gasteiger charge is -2.41. The second-order valence-corrected chi connectivity index (χ2v) is 9.70. The van der Waals surface area contributed by atoms with Crippen molar-refractivity contribution >= 4 is 17.6 Å². The first-order valence-corrected chi connectivity index (χ1v) is 12.9. The number of carbonyl (C=O) groups excluding carboxylic acids is 2. The molecule has 8 nitrogen and oxygen atoms in total. The Labute approximate surface area is 214 Å². The highest BCUT2D eigenvalue weighted by Gasteiger charge is 2.56. The van der Waals surface area contributed by atoms with Gasteiger partial charge in [-0.1, -0.05) is 24.3 Å². The van der Waals surface area contributed by atoms with Gasteiger partial charge in [-0.3, -0.25) is 9.69 Å². The molecule has 2 saturated heterocycles. The Bertz CT molecular complexity index is 1040. The number of piperidine rings is 1. The third-order valence-corrected chi connectivity index (χ3v) is 8.02. The average molecular weight is 494 g/mol. The van der Waals surface area contributed by atoms with Crippen molar-refractivity contribution in [3.63, 3.8) is 0 Å². The number of rotatable bonds is 8. The van der Waals surface area contributed by atoms with E-state index in [1.807, 2.05) is 24.1 Å². The van der Waals surface area contributed by atoms with Crippen molar-refractivity contribution in [2.75, 3.05) is 51.8 Å². The number of primary amides is 1. The van der Waals surface area contributed by atoms with E-state index in [-0.39, 0.29) is 12.1 Å². The fraction of sp³-hybridized carbons (Fsp3) is 0.500. The summed E-state index contributed by atoms with van der Waals surface area (Å²) in [5, 5.41) is 0. The number of nitrogens with two attached hydrogens (primary N) is 1. The molecule has 2 aliphatic heterocycles. The number of likely N-dealkylation sites (N-methyl/N-ethyl adjacent to an activating group) is 1. The second-order valence-electron chi connectivity index (χ2n) is 9.70. The van der Waals surface area contributed by atoms with Gasteiger partial charge >= 0.3 is 6.03 Å². The maximum Gasteiger partial charge on any atom is 0.314 e. The highest BCUT2D eigenvalue weighted by molar-refractivity contribution is 5.89. The molecule has 8 heteroatoms. The van der Waals surface area contributed by atoms with Crippen molar-refractivity contribution in [1.29, 1.82) is 0 Å². The number of ether oxygens (including phenoxy) is 1. The molecular formula is C28H39N5O3. The average Bonchev–Trinajstić information content (AvgIpc) is 3.10. The molecule has 4 rings (SSSR count). The van der Waals surface area contributed by atoms with Gasteiger partial charge in [0, 0.05) is 38.4 Å². The van der Waals surface area contributed by atoms with Gasteiger partial charge in [-0.2, -0.15) is 0 Å². The number of hydrogen-bond acceptors (Lipinski definition) is 5. The molecule has 194 valence electrons. The molecule has 1 spiro atoms. The quantitative estimate of drug-likeness (QED) is 0.609. The SMILES string of the molecule is CCN(CC)c1ccc(C2N(CCc3ccc(OC)cc3)C(=O)C3(CCN(C(N)=O)CC3)N2C)cc1. The Kier molecular flexibility index (Phi) is 7.73.